The molecule has 1 heterocycles. The molecule has 0 amide bonds. The van der Waals surface area contributed by atoms with Crippen LogP contribution in [0.5, 0.6) is 0 Å². The van der Waals surface area contributed by atoms with Crippen LogP contribution in [0, 0.1) is 11.8 Å². The lowest BCUT2D eigenvalue weighted by molar-refractivity contribution is 0.0101. The molecule has 0 radical (unpaired) electrons. The summed E-state index contributed by atoms with van der Waals surface area (Å²) in [7, 11) is 0. The topological polar surface area (TPSA) is 21.3 Å². The van der Waals surface area contributed by atoms with E-state index in [1.807, 2.05) is 0 Å². The van der Waals surface area contributed by atoms with Gasteiger partial charge in [0, 0.05) is 6.61 Å². The minimum atomic E-state index is 0.572. The molecule has 1 saturated heterocycles. The summed E-state index contributed by atoms with van der Waals surface area (Å²) < 4.78 is 5.99. The Labute approximate surface area is 93.8 Å². The van der Waals surface area contributed by atoms with Crippen molar-refractivity contribution in [3.05, 3.63) is 0 Å². The number of nitrogens with one attached hydrogen (secondary N) is 1. The maximum atomic E-state index is 5.99. The Hall–Kier alpha value is -0.0800. The normalized spacial score (nSPS) is 37.0. The summed E-state index contributed by atoms with van der Waals surface area (Å²) in [5.41, 5.74) is 0. The summed E-state index contributed by atoms with van der Waals surface area (Å²) in [6.07, 6.45) is 8.56. The van der Waals surface area contributed by atoms with Crippen molar-refractivity contribution in [3.63, 3.8) is 0 Å². The van der Waals surface area contributed by atoms with Crippen LogP contribution in [-0.2, 0) is 4.74 Å². The second-order valence-corrected chi connectivity index (χ2v) is 5.41. The molecule has 1 N–H and O–H groups in total. The quantitative estimate of drug-likeness (QED) is 0.771. The van der Waals surface area contributed by atoms with E-state index >= 15 is 0 Å². The average molecular weight is 211 g/mol. The first kappa shape index (κ1) is 11.4. The molecule has 1 aliphatic heterocycles. The molecule has 0 spiro atoms. The molecule has 2 heteroatoms. The maximum absolute atomic E-state index is 5.99. The molecule has 3 unspecified atom stereocenters. The third-order valence-electron chi connectivity index (χ3n) is 3.93. The van der Waals surface area contributed by atoms with Crippen LogP contribution in [0.2, 0.25) is 0 Å². The van der Waals surface area contributed by atoms with Crippen LogP contribution in [-0.4, -0.2) is 25.8 Å². The molecule has 3 atom stereocenters. The summed E-state index contributed by atoms with van der Waals surface area (Å²) >= 11 is 0. The van der Waals surface area contributed by atoms with Crippen LogP contribution >= 0.6 is 0 Å². The van der Waals surface area contributed by atoms with Gasteiger partial charge in [-0.2, -0.15) is 0 Å². The molecular formula is C13H25NO. The first-order chi connectivity index (χ1) is 7.34. The Morgan fingerprint density at radius 1 is 1.27 bits per heavy atom. The summed E-state index contributed by atoms with van der Waals surface area (Å²) in [5, 5.41) is 3.41. The molecule has 1 saturated carbocycles. The molecule has 2 fully saturated rings. The Balaban J connectivity index is 1.56. The van der Waals surface area contributed by atoms with E-state index in [-0.39, 0.29) is 0 Å². The fraction of sp³-hybridized carbons (Fsp3) is 1.00. The van der Waals surface area contributed by atoms with Crippen LogP contribution in [0.1, 0.15) is 45.4 Å². The zero-order valence-electron chi connectivity index (χ0n) is 10.0. The van der Waals surface area contributed by atoms with Gasteiger partial charge in [-0.05, 0) is 50.6 Å². The maximum Gasteiger partial charge on any atom is 0.0577 e. The van der Waals surface area contributed by atoms with Crippen molar-refractivity contribution in [2.24, 2.45) is 11.8 Å². The number of hydrogen-bond acceptors (Lipinski definition) is 2. The van der Waals surface area contributed by atoms with Gasteiger partial charge in [0.25, 0.3) is 0 Å². The third kappa shape index (κ3) is 3.76. The highest BCUT2D eigenvalue weighted by Crippen LogP contribution is 2.26. The van der Waals surface area contributed by atoms with Crippen molar-refractivity contribution in [1.82, 2.24) is 5.32 Å². The van der Waals surface area contributed by atoms with Gasteiger partial charge in [0.15, 0.2) is 0 Å². The molecule has 0 aromatic heterocycles. The minimum absolute atomic E-state index is 0.572. The van der Waals surface area contributed by atoms with Crippen LogP contribution in [0.3, 0.4) is 0 Å². The highest BCUT2D eigenvalue weighted by atomic mass is 16.5. The molecule has 0 aromatic carbocycles. The van der Waals surface area contributed by atoms with Crippen molar-refractivity contribution in [2.75, 3.05) is 19.7 Å². The Bertz CT molecular complexity index is 177. The van der Waals surface area contributed by atoms with Crippen molar-refractivity contribution >= 4 is 0 Å². The van der Waals surface area contributed by atoms with Crippen LogP contribution in [0.4, 0.5) is 0 Å². The summed E-state index contributed by atoms with van der Waals surface area (Å²) in [6, 6.07) is 0. The van der Waals surface area contributed by atoms with Crippen molar-refractivity contribution < 1.29 is 4.74 Å². The van der Waals surface area contributed by atoms with Gasteiger partial charge >= 0.3 is 0 Å². The minimum Gasteiger partial charge on any atom is -0.378 e. The molecule has 88 valence electrons. The van der Waals surface area contributed by atoms with E-state index in [0.29, 0.717) is 6.10 Å². The SMILES string of the molecule is CC1CCCC(OCCC2CCNC2)C1. The molecule has 0 aromatic rings. The third-order valence-corrected chi connectivity index (χ3v) is 3.93. The lowest BCUT2D eigenvalue weighted by Crippen LogP contribution is -2.22. The predicted molar refractivity (Wildman–Crippen MR) is 63.0 cm³/mol. The van der Waals surface area contributed by atoms with Gasteiger partial charge in [0.2, 0.25) is 0 Å². The van der Waals surface area contributed by atoms with Gasteiger partial charge in [-0.3, -0.25) is 0 Å². The Morgan fingerprint density at radius 2 is 2.20 bits per heavy atom. The Morgan fingerprint density at radius 3 is 2.93 bits per heavy atom. The summed E-state index contributed by atoms with van der Waals surface area (Å²) in [5.74, 6) is 1.77. The van der Waals surface area contributed by atoms with Crippen molar-refractivity contribution in [3.8, 4) is 0 Å². The Kier molecular flexibility index (Phi) is 4.45. The van der Waals surface area contributed by atoms with E-state index in [0.717, 1.165) is 18.4 Å². The number of rotatable bonds is 4. The van der Waals surface area contributed by atoms with Gasteiger partial charge in [0.05, 0.1) is 6.10 Å². The zero-order valence-corrected chi connectivity index (χ0v) is 10.0. The smallest absolute Gasteiger partial charge is 0.0577 e. The summed E-state index contributed by atoms with van der Waals surface area (Å²) in [4.78, 5) is 0. The average Bonchev–Trinajstić information content (AvgIpc) is 2.71. The van der Waals surface area contributed by atoms with Crippen molar-refractivity contribution in [1.29, 1.82) is 0 Å². The summed E-state index contributed by atoms with van der Waals surface area (Å²) in [6.45, 7) is 5.77. The van der Waals surface area contributed by atoms with Gasteiger partial charge in [-0.1, -0.05) is 19.8 Å². The van der Waals surface area contributed by atoms with Gasteiger partial charge in [-0.25, -0.2) is 0 Å². The fourth-order valence-electron chi connectivity index (χ4n) is 2.89. The largest absolute Gasteiger partial charge is 0.378 e. The lowest BCUT2D eigenvalue weighted by Gasteiger charge is -2.27. The molecule has 2 nitrogen and oxygen atoms in total. The molecule has 2 rings (SSSR count). The van der Waals surface area contributed by atoms with E-state index in [9.17, 15) is 0 Å². The van der Waals surface area contributed by atoms with E-state index in [4.69, 9.17) is 4.74 Å². The molecule has 2 aliphatic rings. The highest BCUT2D eigenvalue weighted by molar-refractivity contribution is 4.73. The van der Waals surface area contributed by atoms with E-state index in [1.165, 1.54) is 51.6 Å². The van der Waals surface area contributed by atoms with Gasteiger partial charge < -0.3 is 10.1 Å². The predicted octanol–water partition coefficient (Wildman–Crippen LogP) is 2.58. The van der Waals surface area contributed by atoms with Crippen LogP contribution in [0.25, 0.3) is 0 Å². The van der Waals surface area contributed by atoms with Crippen molar-refractivity contribution in [2.45, 2.75) is 51.6 Å². The second-order valence-electron chi connectivity index (χ2n) is 5.41. The van der Waals surface area contributed by atoms with Gasteiger partial charge in [0.1, 0.15) is 0 Å². The second kappa shape index (κ2) is 5.86. The van der Waals surface area contributed by atoms with Gasteiger partial charge in [-0.15, -0.1) is 0 Å². The van der Waals surface area contributed by atoms with Crippen LogP contribution < -0.4 is 5.32 Å². The molecule has 15 heavy (non-hydrogen) atoms. The molecule has 1 aliphatic carbocycles. The lowest BCUT2D eigenvalue weighted by atomic mass is 9.89. The first-order valence-corrected chi connectivity index (χ1v) is 6.67. The standard InChI is InChI=1S/C13H25NO/c1-11-3-2-4-13(9-11)15-8-6-12-5-7-14-10-12/h11-14H,2-10H2,1H3. The zero-order chi connectivity index (χ0) is 10.5. The van der Waals surface area contributed by atoms with E-state index in [2.05, 4.69) is 12.2 Å². The monoisotopic (exact) mass is 211 g/mol. The fourth-order valence-corrected chi connectivity index (χ4v) is 2.89. The number of hydrogen-bond donors (Lipinski definition) is 1. The highest BCUT2D eigenvalue weighted by Gasteiger charge is 2.20. The van der Waals surface area contributed by atoms with Crippen LogP contribution in [0.15, 0.2) is 0 Å². The first-order valence-electron chi connectivity index (χ1n) is 6.67. The molecule has 0 bridgehead atoms. The van der Waals surface area contributed by atoms with E-state index in [1.54, 1.807) is 0 Å². The van der Waals surface area contributed by atoms with E-state index < -0.39 is 0 Å². The molecular weight excluding hydrogens is 186 g/mol. The number of ether oxygens (including phenoxy) is 1.